The molecule has 0 spiro atoms. The summed E-state index contributed by atoms with van der Waals surface area (Å²) in [4.78, 5) is 11.5. The molecule has 1 aromatic heterocycles. The first-order valence-corrected chi connectivity index (χ1v) is 6.16. The van der Waals surface area contributed by atoms with Gasteiger partial charge in [0, 0.05) is 6.07 Å². The molecule has 20 heavy (non-hydrogen) atoms. The summed E-state index contributed by atoms with van der Waals surface area (Å²) in [7, 11) is 0. The van der Waals surface area contributed by atoms with E-state index >= 15 is 0 Å². The van der Waals surface area contributed by atoms with Crippen LogP contribution in [0.2, 0.25) is 0 Å². The van der Waals surface area contributed by atoms with Gasteiger partial charge in [-0.05, 0) is 17.7 Å². The number of ether oxygens (including phenoxy) is 1. The van der Waals surface area contributed by atoms with Crippen molar-refractivity contribution >= 4 is 11.0 Å². The Hall–Kier alpha value is -2.75. The van der Waals surface area contributed by atoms with Gasteiger partial charge in [0.05, 0.1) is 11.5 Å². The van der Waals surface area contributed by atoms with Gasteiger partial charge in [-0.3, -0.25) is 0 Å². The molecule has 1 N–H and O–H groups in total. The van der Waals surface area contributed by atoms with Crippen LogP contribution in [-0.4, -0.2) is 5.11 Å². The molecule has 3 aromatic rings. The first-order chi connectivity index (χ1) is 9.72. The molecule has 1 heterocycles. The summed E-state index contributed by atoms with van der Waals surface area (Å²) in [5.74, 6) is 0.487. The normalized spacial score (nSPS) is 10.6. The van der Waals surface area contributed by atoms with Gasteiger partial charge in [-0.25, -0.2) is 4.79 Å². The summed E-state index contributed by atoms with van der Waals surface area (Å²) in [5, 5.41) is 10.1. The summed E-state index contributed by atoms with van der Waals surface area (Å²) >= 11 is 0. The maximum atomic E-state index is 11.5. The van der Waals surface area contributed by atoms with Gasteiger partial charge in [-0.1, -0.05) is 30.3 Å². The monoisotopic (exact) mass is 268 g/mol. The van der Waals surface area contributed by atoms with Gasteiger partial charge in [0.25, 0.3) is 0 Å². The molecule has 4 heteroatoms. The number of rotatable bonds is 3. The van der Waals surface area contributed by atoms with E-state index in [4.69, 9.17) is 9.15 Å². The lowest BCUT2D eigenvalue weighted by Crippen LogP contribution is -2.02. The lowest BCUT2D eigenvalue weighted by atomic mass is 10.2. The van der Waals surface area contributed by atoms with Crippen molar-refractivity contribution in [3.05, 3.63) is 70.6 Å². The van der Waals surface area contributed by atoms with E-state index in [1.807, 2.05) is 30.3 Å². The molecule has 0 aliphatic heterocycles. The summed E-state index contributed by atoms with van der Waals surface area (Å²) in [6.07, 6.45) is 0. The number of hydrogen-bond donors (Lipinski definition) is 1. The van der Waals surface area contributed by atoms with E-state index in [1.165, 1.54) is 18.2 Å². The third-order valence-corrected chi connectivity index (χ3v) is 2.93. The first kappa shape index (κ1) is 12.3. The van der Waals surface area contributed by atoms with Gasteiger partial charge < -0.3 is 14.3 Å². The summed E-state index contributed by atoms with van der Waals surface area (Å²) in [6.45, 7) is 0.361. The second kappa shape index (κ2) is 5.09. The third kappa shape index (κ3) is 2.49. The van der Waals surface area contributed by atoms with Gasteiger partial charge in [0.2, 0.25) is 0 Å². The highest BCUT2D eigenvalue weighted by molar-refractivity contribution is 5.84. The van der Waals surface area contributed by atoms with Crippen LogP contribution in [0.5, 0.6) is 11.5 Å². The minimum absolute atomic E-state index is 0.0425. The Morgan fingerprint density at radius 3 is 2.65 bits per heavy atom. The number of phenols is 1. The highest BCUT2D eigenvalue weighted by Crippen LogP contribution is 2.27. The van der Waals surface area contributed by atoms with Crippen LogP contribution in [0, 0.1) is 0 Å². The second-order valence-corrected chi connectivity index (χ2v) is 4.38. The minimum atomic E-state index is -0.508. The first-order valence-electron chi connectivity index (χ1n) is 6.16. The molecule has 0 unspecified atom stereocenters. The number of phenolic OH excluding ortho intramolecular Hbond substituents is 1. The Morgan fingerprint density at radius 1 is 1.05 bits per heavy atom. The fourth-order valence-electron chi connectivity index (χ4n) is 1.98. The molecule has 0 radical (unpaired) electrons. The average Bonchev–Trinajstić information content (AvgIpc) is 2.45. The zero-order chi connectivity index (χ0) is 13.9. The van der Waals surface area contributed by atoms with Gasteiger partial charge in [0.15, 0.2) is 0 Å². The Labute approximate surface area is 114 Å². The molecule has 100 valence electrons. The van der Waals surface area contributed by atoms with Crippen molar-refractivity contribution in [1.82, 2.24) is 0 Å². The number of benzene rings is 2. The Kier molecular flexibility index (Phi) is 3.13. The molecular weight excluding hydrogens is 256 g/mol. The summed E-state index contributed by atoms with van der Waals surface area (Å²) < 4.78 is 10.7. The molecular formula is C16H12O4. The molecule has 0 saturated heterocycles. The van der Waals surface area contributed by atoms with E-state index < -0.39 is 5.63 Å². The zero-order valence-electron chi connectivity index (χ0n) is 10.6. The van der Waals surface area contributed by atoms with E-state index in [0.29, 0.717) is 23.3 Å². The molecule has 0 fully saturated rings. The molecule has 3 rings (SSSR count). The van der Waals surface area contributed by atoms with Crippen molar-refractivity contribution in [2.45, 2.75) is 6.61 Å². The van der Waals surface area contributed by atoms with Gasteiger partial charge in [-0.15, -0.1) is 0 Å². The van der Waals surface area contributed by atoms with E-state index in [2.05, 4.69) is 0 Å². The third-order valence-electron chi connectivity index (χ3n) is 2.93. The van der Waals surface area contributed by atoms with Crippen LogP contribution in [-0.2, 0) is 6.61 Å². The van der Waals surface area contributed by atoms with Crippen LogP contribution in [0.25, 0.3) is 11.0 Å². The van der Waals surface area contributed by atoms with Crippen LogP contribution in [0.1, 0.15) is 5.56 Å². The van der Waals surface area contributed by atoms with Crippen LogP contribution in [0.3, 0.4) is 0 Å². The Bertz CT molecular complexity index is 790. The number of aromatic hydroxyl groups is 1. The van der Waals surface area contributed by atoms with Crippen molar-refractivity contribution in [2.24, 2.45) is 0 Å². The quantitative estimate of drug-likeness (QED) is 0.741. The molecule has 0 amide bonds. The van der Waals surface area contributed by atoms with Gasteiger partial charge >= 0.3 is 5.63 Å². The van der Waals surface area contributed by atoms with Crippen molar-refractivity contribution < 1.29 is 14.3 Å². The number of hydrogen-bond acceptors (Lipinski definition) is 4. The fraction of sp³-hybridized carbons (Fsp3) is 0.0625. The minimum Gasteiger partial charge on any atom is -0.508 e. The molecule has 0 bridgehead atoms. The largest absolute Gasteiger partial charge is 0.508 e. The van der Waals surface area contributed by atoms with Crippen molar-refractivity contribution in [3.63, 3.8) is 0 Å². The van der Waals surface area contributed by atoms with E-state index in [1.54, 1.807) is 6.07 Å². The topological polar surface area (TPSA) is 59.7 Å². The van der Waals surface area contributed by atoms with Crippen LogP contribution in [0.15, 0.2) is 63.8 Å². The highest BCUT2D eigenvalue weighted by atomic mass is 16.5. The Balaban J connectivity index is 1.97. The zero-order valence-corrected chi connectivity index (χ0v) is 10.6. The lowest BCUT2D eigenvalue weighted by molar-refractivity contribution is 0.307. The van der Waals surface area contributed by atoms with Crippen LogP contribution >= 0.6 is 0 Å². The highest BCUT2D eigenvalue weighted by Gasteiger charge is 2.07. The molecule has 0 aliphatic rings. The molecule has 0 aliphatic carbocycles. The van der Waals surface area contributed by atoms with Crippen LogP contribution < -0.4 is 10.4 Å². The van der Waals surface area contributed by atoms with E-state index in [0.717, 1.165) is 5.56 Å². The maximum absolute atomic E-state index is 11.5. The van der Waals surface area contributed by atoms with Crippen molar-refractivity contribution in [3.8, 4) is 11.5 Å². The van der Waals surface area contributed by atoms with Gasteiger partial charge in [0.1, 0.15) is 23.7 Å². The average molecular weight is 268 g/mol. The van der Waals surface area contributed by atoms with E-state index in [9.17, 15) is 9.90 Å². The van der Waals surface area contributed by atoms with Gasteiger partial charge in [-0.2, -0.15) is 0 Å². The molecule has 0 saturated carbocycles. The molecule has 2 aromatic carbocycles. The summed E-state index contributed by atoms with van der Waals surface area (Å²) in [6, 6.07) is 15.6. The fourth-order valence-corrected chi connectivity index (χ4v) is 1.98. The summed E-state index contributed by atoms with van der Waals surface area (Å²) in [5.41, 5.74) is 0.805. The SMILES string of the molecule is O=c1cc(OCc2ccccc2)c2ccc(O)cc2o1. The standard InChI is InChI=1S/C16H12O4/c17-12-6-7-13-14(9-16(18)20-15(13)8-12)19-10-11-4-2-1-3-5-11/h1-9,17H,10H2. The van der Waals surface area contributed by atoms with Crippen molar-refractivity contribution in [1.29, 1.82) is 0 Å². The molecule has 4 nitrogen and oxygen atoms in total. The van der Waals surface area contributed by atoms with E-state index in [-0.39, 0.29) is 5.75 Å². The predicted molar refractivity (Wildman–Crippen MR) is 74.9 cm³/mol. The lowest BCUT2D eigenvalue weighted by Gasteiger charge is -2.08. The second-order valence-electron chi connectivity index (χ2n) is 4.38. The van der Waals surface area contributed by atoms with Crippen LogP contribution in [0.4, 0.5) is 0 Å². The number of fused-ring (bicyclic) bond motifs is 1. The Morgan fingerprint density at radius 2 is 1.85 bits per heavy atom. The molecule has 0 atom stereocenters. The smallest absolute Gasteiger partial charge is 0.339 e. The predicted octanol–water partition coefficient (Wildman–Crippen LogP) is 3.08. The maximum Gasteiger partial charge on any atom is 0.339 e. The van der Waals surface area contributed by atoms with Crippen molar-refractivity contribution in [2.75, 3.05) is 0 Å².